The van der Waals surface area contributed by atoms with Gasteiger partial charge in [-0.05, 0) is 11.8 Å². The second kappa shape index (κ2) is 3.06. The van der Waals surface area contributed by atoms with Crippen LogP contribution < -0.4 is 10.6 Å². The second-order valence-electron chi connectivity index (χ2n) is 5.32. The van der Waals surface area contributed by atoms with Crippen molar-refractivity contribution in [3.8, 4) is 0 Å². The molecule has 0 aromatic rings. The third-order valence-electron chi connectivity index (χ3n) is 3.24. The first-order chi connectivity index (χ1) is 6.78. The predicted molar refractivity (Wildman–Crippen MR) is 51.8 cm³/mol. The molecule has 1 atom stereocenters. The number of carbonyl (C=O) groups excluding carboxylic acids is 1. The molecule has 2 rings (SSSR count). The summed E-state index contributed by atoms with van der Waals surface area (Å²) in [5.41, 5.74) is 0.168. The van der Waals surface area contributed by atoms with E-state index < -0.39 is 5.92 Å². The molecule has 2 aliphatic carbocycles. The standard InChI is InChI=1S/C10H16F2N2O/c1-9(2)5-7(9)14-8(15)13-6-3-10(11,12)4-6/h6-7H,3-5H2,1-2H3,(H2,13,14,15)/t7-/m0/s1. The van der Waals surface area contributed by atoms with Gasteiger partial charge < -0.3 is 10.6 Å². The van der Waals surface area contributed by atoms with Gasteiger partial charge in [0.25, 0.3) is 5.92 Å². The van der Waals surface area contributed by atoms with Crippen molar-refractivity contribution in [2.75, 3.05) is 0 Å². The molecule has 0 aromatic carbocycles. The smallest absolute Gasteiger partial charge is 0.315 e. The van der Waals surface area contributed by atoms with Gasteiger partial charge in [-0.15, -0.1) is 0 Å². The highest BCUT2D eigenvalue weighted by Crippen LogP contribution is 2.44. The molecule has 86 valence electrons. The Morgan fingerprint density at radius 2 is 1.73 bits per heavy atom. The molecule has 15 heavy (non-hydrogen) atoms. The lowest BCUT2D eigenvalue weighted by Gasteiger charge is -2.35. The zero-order valence-corrected chi connectivity index (χ0v) is 8.94. The summed E-state index contributed by atoms with van der Waals surface area (Å²) in [5.74, 6) is -2.57. The van der Waals surface area contributed by atoms with Crippen LogP contribution in [0.25, 0.3) is 0 Å². The van der Waals surface area contributed by atoms with E-state index in [-0.39, 0.29) is 36.4 Å². The van der Waals surface area contributed by atoms with E-state index in [1.807, 2.05) is 0 Å². The fraction of sp³-hybridized carbons (Fsp3) is 0.900. The average molecular weight is 218 g/mol. The lowest BCUT2D eigenvalue weighted by Crippen LogP contribution is -2.53. The molecule has 0 aromatic heterocycles. The molecule has 0 radical (unpaired) electrons. The summed E-state index contributed by atoms with van der Waals surface area (Å²) in [6.45, 7) is 4.13. The first-order valence-electron chi connectivity index (χ1n) is 5.23. The molecule has 0 unspecified atom stereocenters. The van der Waals surface area contributed by atoms with Crippen LogP contribution in [-0.2, 0) is 0 Å². The van der Waals surface area contributed by atoms with E-state index in [4.69, 9.17) is 0 Å². The number of hydrogen-bond acceptors (Lipinski definition) is 1. The lowest BCUT2D eigenvalue weighted by molar-refractivity contribution is -0.0896. The van der Waals surface area contributed by atoms with Crippen LogP contribution in [0.5, 0.6) is 0 Å². The SMILES string of the molecule is CC1(C)C[C@@H]1NC(=O)NC1CC(F)(F)C1. The Morgan fingerprint density at radius 1 is 1.20 bits per heavy atom. The highest BCUT2D eigenvalue weighted by Gasteiger charge is 2.48. The van der Waals surface area contributed by atoms with E-state index in [1.54, 1.807) is 0 Å². The van der Waals surface area contributed by atoms with E-state index in [1.165, 1.54) is 0 Å². The van der Waals surface area contributed by atoms with Crippen molar-refractivity contribution in [3.63, 3.8) is 0 Å². The van der Waals surface area contributed by atoms with Gasteiger partial charge in [-0.1, -0.05) is 13.8 Å². The van der Waals surface area contributed by atoms with E-state index in [0.29, 0.717) is 0 Å². The first kappa shape index (κ1) is 10.6. The van der Waals surface area contributed by atoms with Crippen LogP contribution >= 0.6 is 0 Å². The van der Waals surface area contributed by atoms with Gasteiger partial charge in [0.05, 0.1) is 0 Å². The number of halogens is 2. The fourth-order valence-corrected chi connectivity index (χ4v) is 1.86. The van der Waals surface area contributed by atoms with Gasteiger partial charge in [0.15, 0.2) is 0 Å². The Labute approximate surface area is 87.6 Å². The number of nitrogens with one attached hydrogen (secondary N) is 2. The maximum Gasteiger partial charge on any atom is 0.315 e. The van der Waals surface area contributed by atoms with E-state index >= 15 is 0 Å². The van der Waals surface area contributed by atoms with Gasteiger partial charge in [0.1, 0.15) is 0 Å². The molecule has 0 spiro atoms. The number of carbonyl (C=O) groups is 1. The summed E-state index contributed by atoms with van der Waals surface area (Å²) in [6, 6.07) is -0.481. The Bertz CT molecular complexity index is 283. The minimum atomic E-state index is -2.57. The molecule has 0 heterocycles. The maximum atomic E-state index is 12.5. The number of hydrogen-bond donors (Lipinski definition) is 2. The van der Waals surface area contributed by atoms with Crippen molar-refractivity contribution in [3.05, 3.63) is 0 Å². The largest absolute Gasteiger partial charge is 0.335 e. The lowest BCUT2D eigenvalue weighted by atomic mass is 9.88. The second-order valence-corrected chi connectivity index (χ2v) is 5.32. The topological polar surface area (TPSA) is 41.1 Å². The van der Waals surface area contributed by atoms with E-state index in [9.17, 15) is 13.6 Å². The monoisotopic (exact) mass is 218 g/mol. The van der Waals surface area contributed by atoms with Gasteiger partial charge in [-0.2, -0.15) is 0 Å². The van der Waals surface area contributed by atoms with Crippen LogP contribution in [0.2, 0.25) is 0 Å². The highest BCUT2D eigenvalue weighted by molar-refractivity contribution is 5.75. The summed E-state index contributed by atoms with van der Waals surface area (Å²) in [4.78, 5) is 11.3. The van der Waals surface area contributed by atoms with Crippen molar-refractivity contribution in [1.29, 1.82) is 0 Å². The number of rotatable bonds is 2. The number of alkyl halides is 2. The van der Waals surface area contributed by atoms with Gasteiger partial charge in [-0.25, -0.2) is 13.6 Å². The van der Waals surface area contributed by atoms with E-state index in [2.05, 4.69) is 24.5 Å². The molecule has 2 fully saturated rings. The Kier molecular flexibility index (Phi) is 2.17. The molecule has 2 N–H and O–H groups in total. The van der Waals surface area contributed by atoms with Crippen LogP contribution in [0.15, 0.2) is 0 Å². The van der Waals surface area contributed by atoms with Crippen LogP contribution in [0.3, 0.4) is 0 Å². The van der Waals surface area contributed by atoms with Crippen molar-refractivity contribution < 1.29 is 13.6 Å². The van der Waals surface area contributed by atoms with Crippen LogP contribution in [0, 0.1) is 5.41 Å². The van der Waals surface area contributed by atoms with Crippen LogP contribution in [0.1, 0.15) is 33.1 Å². The number of amides is 2. The van der Waals surface area contributed by atoms with Crippen LogP contribution in [0.4, 0.5) is 13.6 Å². The Hall–Kier alpha value is -0.870. The van der Waals surface area contributed by atoms with E-state index in [0.717, 1.165) is 6.42 Å². The molecule has 2 saturated carbocycles. The predicted octanol–water partition coefficient (Wildman–Crippen LogP) is 1.88. The fourth-order valence-electron chi connectivity index (χ4n) is 1.86. The molecule has 0 bridgehead atoms. The molecular formula is C10H16F2N2O. The first-order valence-corrected chi connectivity index (χ1v) is 5.23. The molecule has 2 aliphatic rings. The van der Waals surface area contributed by atoms with Crippen molar-refractivity contribution in [2.45, 2.75) is 51.1 Å². The van der Waals surface area contributed by atoms with Crippen molar-refractivity contribution in [2.24, 2.45) is 5.41 Å². The molecule has 2 amide bonds. The van der Waals surface area contributed by atoms with Gasteiger partial charge >= 0.3 is 6.03 Å². The molecule has 0 saturated heterocycles. The quantitative estimate of drug-likeness (QED) is 0.730. The average Bonchev–Trinajstić information content (AvgIpc) is 2.53. The summed E-state index contributed by atoms with van der Waals surface area (Å²) in [5, 5.41) is 5.33. The molecule has 3 nitrogen and oxygen atoms in total. The minimum Gasteiger partial charge on any atom is -0.335 e. The summed E-state index contributed by atoms with van der Waals surface area (Å²) < 4.78 is 24.9. The van der Waals surface area contributed by atoms with Gasteiger partial charge in [-0.3, -0.25) is 0 Å². The summed E-state index contributed by atoms with van der Waals surface area (Å²) >= 11 is 0. The molecule has 5 heteroatoms. The highest BCUT2D eigenvalue weighted by atomic mass is 19.3. The zero-order valence-electron chi connectivity index (χ0n) is 8.94. The number of urea groups is 1. The van der Waals surface area contributed by atoms with Gasteiger partial charge in [0.2, 0.25) is 0 Å². The van der Waals surface area contributed by atoms with Crippen molar-refractivity contribution in [1.82, 2.24) is 10.6 Å². The zero-order chi connectivity index (χ0) is 11.3. The third kappa shape index (κ3) is 2.38. The van der Waals surface area contributed by atoms with Gasteiger partial charge in [0, 0.05) is 24.9 Å². The third-order valence-corrected chi connectivity index (χ3v) is 3.24. The molecular weight excluding hydrogens is 202 g/mol. The Morgan fingerprint density at radius 3 is 2.13 bits per heavy atom. The minimum absolute atomic E-state index is 0.168. The molecule has 0 aliphatic heterocycles. The normalized spacial score (nSPS) is 31.6. The van der Waals surface area contributed by atoms with Crippen LogP contribution in [-0.4, -0.2) is 24.0 Å². The maximum absolute atomic E-state index is 12.5. The summed E-state index contributed by atoms with van der Waals surface area (Å²) in [6.07, 6.45) is 0.504. The van der Waals surface area contributed by atoms with Crippen molar-refractivity contribution >= 4 is 6.03 Å². The Balaban J connectivity index is 1.67. The summed E-state index contributed by atoms with van der Waals surface area (Å²) in [7, 11) is 0.